The molecule has 3 nitrogen and oxygen atoms in total. The second-order valence-electron chi connectivity index (χ2n) is 4.00. The maximum Gasteiger partial charge on any atom is 0.264 e. The first-order chi connectivity index (χ1) is 9.75. The number of hydrogen-bond donors (Lipinski definition) is 1. The van der Waals surface area contributed by atoms with Crippen molar-refractivity contribution in [2.24, 2.45) is 5.10 Å². The lowest BCUT2D eigenvalue weighted by atomic mass is 10.2. The third kappa shape index (κ3) is 4.37. The minimum atomic E-state index is -0.294. The van der Waals surface area contributed by atoms with Crippen LogP contribution in [0.2, 0.25) is 5.02 Å². The molecule has 0 aromatic heterocycles. The van der Waals surface area contributed by atoms with Crippen LogP contribution in [-0.2, 0) is 4.79 Å². The second kappa shape index (κ2) is 7.26. The summed E-state index contributed by atoms with van der Waals surface area (Å²) >= 11 is 5.96. The average molecular weight is 285 g/mol. The number of halogens is 1. The van der Waals surface area contributed by atoms with Gasteiger partial charge in [0.15, 0.2) is 0 Å². The Morgan fingerprint density at radius 1 is 1.05 bits per heavy atom. The standard InChI is InChI=1S/C16H13ClN2O/c17-15-9-5-4-8-14(15)12-18-19-16(20)11-10-13-6-2-1-3-7-13/h1-12H,(H,19,20)/b11-10-,18-12-. The van der Waals surface area contributed by atoms with Crippen molar-refractivity contribution in [2.75, 3.05) is 0 Å². The zero-order chi connectivity index (χ0) is 14.2. The topological polar surface area (TPSA) is 41.5 Å². The molecule has 20 heavy (non-hydrogen) atoms. The highest BCUT2D eigenvalue weighted by molar-refractivity contribution is 6.33. The minimum Gasteiger partial charge on any atom is -0.268 e. The summed E-state index contributed by atoms with van der Waals surface area (Å²) in [6.07, 6.45) is 4.66. The van der Waals surface area contributed by atoms with Crippen LogP contribution < -0.4 is 5.43 Å². The summed E-state index contributed by atoms with van der Waals surface area (Å²) < 4.78 is 0. The van der Waals surface area contributed by atoms with Gasteiger partial charge in [-0.05, 0) is 17.7 Å². The molecule has 2 rings (SSSR count). The van der Waals surface area contributed by atoms with Crippen molar-refractivity contribution in [3.8, 4) is 0 Å². The predicted octanol–water partition coefficient (Wildman–Crippen LogP) is 3.50. The summed E-state index contributed by atoms with van der Waals surface area (Å²) in [4.78, 5) is 11.5. The van der Waals surface area contributed by atoms with E-state index in [4.69, 9.17) is 11.6 Å². The van der Waals surface area contributed by atoms with Gasteiger partial charge >= 0.3 is 0 Å². The third-order valence-corrected chi connectivity index (χ3v) is 2.85. The molecule has 1 amide bonds. The Kier molecular flexibility index (Phi) is 5.09. The van der Waals surface area contributed by atoms with E-state index in [1.54, 1.807) is 12.1 Å². The normalized spacial score (nSPS) is 11.1. The maximum absolute atomic E-state index is 11.5. The van der Waals surface area contributed by atoms with Gasteiger partial charge in [-0.15, -0.1) is 0 Å². The molecular formula is C16H13ClN2O. The number of hydrogen-bond acceptors (Lipinski definition) is 2. The van der Waals surface area contributed by atoms with E-state index in [2.05, 4.69) is 10.5 Å². The highest BCUT2D eigenvalue weighted by atomic mass is 35.5. The van der Waals surface area contributed by atoms with Crippen LogP contribution in [0.25, 0.3) is 6.08 Å². The van der Waals surface area contributed by atoms with Crippen LogP contribution in [0.5, 0.6) is 0 Å². The first kappa shape index (κ1) is 14.0. The van der Waals surface area contributed by atoms with E-state index >= 15 is 0 Å². The highest BCUT2D eigenvalue weighted by Gasteiger charge is 1.95. The van der Waals surface area contributed by atoms with Crippen LogP contribution in [0.1, 0.15) is 11.1 Å². The van der Waals surface area contributed by atoms with Gasteiger partial charge in [0.1, 0.15) is 0 Å². The van der Waals surface area contributed by atoms with Crippen molar-refractivity contribution in [2.45, 2.75) is 0 Å². The predicted molar refractivity (Wildman–Crippen MR) is 82.7 cm³/mol. The third-order valence-electron chi connectivity index (χ3n) is 2.51. The molecule has 0 saturated heterocycles. The van der Waals surface area contributed by atoms with E-state index in [0.29, 0.717) is 5.02 Å². The summed E-state index contributed by atoms with van der Waals surface area (Å²) in [7, 11) is 0. The number of carbonyl (C=O) groups excluding carboxylic acids is 1. The second-order valence-corrected chi connectivity index (χ2v) is 4.41. The summed E-state index contributed by atoms with van der Waals surface area (Å²) in [6, 6.07) is 16.8. The highest BCUT2D eigenvalue weighted by Crippen LogP contribution is 2.11. The van der Waals surface area contributed by atoms with Crippen LogP contribution in [-0.4, -0.2) is 12.1 Å². The Hall–Kier alpha value is -2.39. The molecule has 0 bridgehead atoms. The van der Waals surface area contributed by atoms with E-state index in [-0.39, 0.29) is 5.91 Å². The molecule has 100 valence electrons. The number of nitrogens with zero attached hydrogens (tertiary/aromatic N) is 1. The van der Waals surface area contributed by atoms with Crippen molar-refractivity contribution in [3.63, 3.8) is 0 Å². The van der Waals surface area contributed by atoms with Crippen molar-refractivity contribution >= 4 is 29.8 Å². The molecule has 0 unspecified atom stereocenters. The van der Waals surface area contributed by atoms with E-state index < -0.39 is 0 Å². The molecule has 0 radical (unpaired) electrons. The average Bonchev–Trinajstić information content (AvgIpc) is 2.48. The van der Waals surface area contributed by atoms with Gasteiger partial charge in [0.2, 0.25) is 0 Å². The van der Waals surface area contributed by atoms with Gasteiger partial charge < -0.3 is 0 Å². The lowest BCUT2D eigenvalue weighted by molar-refractivity contribution is -0.116. The molecule has 0 atom stereocenters. The molecule has 0 aliphatic heterocycles. The summed E-state index contributed by atoms with van der Waals surface area (Å²) in [5, 5.41) is 4.44. The van der Waals surface area contributed by atoms with E-state index in [1.807, 2.05) is 48.5 Å². The number of amides is 1. The van der Waals surface area contributed by atoms with E-state index in [1.165, 1.54) is 12.3 Å². The first-order valence-electron chi connectivity index (χ1n) is 6.06. The molecule has 2 aromatic rings. The van der Waals surface area contributed by atoms with Gasteiger partial charge in [-0.2, -0.15) is 5.10 Å². The van der Waals surface area contributed by atoms with Gasteiger partial charge in [0.25, 0.3) is 5.91 Å². The van der Waals surface area contributed by atoms with Gasteiger partial charge in [0, 0.05) is 16.7 Å². The van der Waals surface area contributed by atoms with Crippen LogP contribution in [0.4, 0.5) is 0 Å². The summed E-state index contributed by atoms with van der Waals surface area (Å²) in [6.45, 7) is 0. The first-order valence-corrected chi connectivity index (χ1v) is 6.44. The molecule has 0 aliphatic carbocycles. The fourth-order valence-corrected chi connectivity index (χ4v) is 1.70. The van der Waals surface area contributed by atoms with Crippen LogP contribution in [0.3, 0.4) is 0 Å². The Balaban J connectivity index is 1.90. The molecule has 0 aliphatic rings. The van der Waals surface area contributed by atoms with E-state index in [0.717, 1.165) is 11.1 Å². The molecule has 0 heterocycles. The SMILES string of the molecule is O=C(/C=C\c1ccccc1)N/N=C\c1ccccc1Cl. The van der Waals surface area contributed by atoms with Crippen molar-refractivity contribution in [1.82, 2.24) is 5.43 Å². The smallest absolute Gasteiger partial charge is 0.264 e. The Labute approximate surface area is 122 Å². The van der Waals surface area contributed by atoms with Crippen LogP contribution in [0.15, 0.2) is 65.8 Å². The van der Waals surface area contributed by atoms with Gasteiger partial charge in [-0.25, -0.2) is 5.43 Å². The molecule has 2 aromatic carbocycles. The molecule has 0 fully saturated rings. The Bertz CT molecular complexity index is 636. The number of nitrogens with one attached hydrogen (secondary N) is 1. The monoisotopic (exact) mass is 284 g/mol. The lowest BCUT2D eigenvalue weighted by Crippen LogP contribution is -2.14. The van der Waals surface area contributed by atoms with Crippen molar-refractivity contribution in [3.05, 3.63) is 76.8 Å². The van der Waals surface area contributed by atoms with E-state index in [9.17, 15) is 4.79 Å². The van der Waals surface area contributed by atoms with Crippen LogP contribution >= 0.6 is 11.6 Å². The fourth-order valence-electron chi connectivity index (χ4n) is 1.52. The zero-order valence-corrected chi connectivity index (χ0v) is 11.4. The zero-order valence-electron chi connectivity index (χ0n) is 10.7. The van der Waals surface area contributed by atoms with Gasteiger partial charge in [0.05, 0.1) is 6.21 Å². The minimum absolute atomic E-state index is 0.294. The molecule has 0 saturated carbocycles. The van der Waals surface area contributed by atoms with Gasteiger partial charge in [-0.1, -0.05) is 60.1 Å². The summed E-state index contributed by atoms with van der Waals surface area (Å²) in [5.74, 6) is -0.294. The molecular weight excluding hydrogens is 272 g/mol. The van der Waals surface area contributed by atoms with Gasteiger partial charge in [-0.3, -0.25) is 4.79 Å². The maximum atomic E-state index is 11.5. The van der Waals surface area contributed by atoms with Crippen molar-refractivity contribution in [1.29, 1.82) is 0 Å². The fraction of sp³-hybridized carbons (Fsp3) is 0. The van der Waals surface area contributed by atoms with Crippen LogP contribution in [0, 0.1) is 0 Å². The number of hydrazone groups is 1. The Morgan fingerprint density at radius 3 is 2.50 bits per heavy atom. The largest absolute Gasteiger partial charge is 0.268 e. The number of rotatable bonds is 4. The summed E-state index contributed by atoms with van der Waals surface area (Å²) in [5.41, 5.74) is 4.12. The quantitative estimate of drug-likeness (QED) is 0.521. The molecule has 4 heteroatoms. The van der Waals surface area contributed by atoms with Crippen molar-refractivity contribution < 1.29 is 4.79 Å². The number of benzene rings is 2. The lowest BCUT2D eigenvalue weighted by Gasteiger charge is -1.96. The molecule has 0 spiro atoms. The molecule has 1 N–H and O–H groups in total. The number of carbonyl (C=O) groups is 1. The Morgan fingerprint density at radius 2 is 1.75 bits per heavy atom.